The van der Waals surface area contributed by atoms with E-state index in [0.717, 1.165) is 29.6 Å². The zero-order valence-electron chi connectivity index (χ0n) is 10.5. The molecular weight excluding hydrogens is 250 g/mol. The topological polar surface area (TPSA) is 61.0 Å². The van der Waals surface area contributed by atoms with Crippen LogP contribution in [0.25, 0.3) is 0 Å². The van der Waals surface area contributed by atoms with Crippen molar-refractivity contribution < 1.29 is 9.26 Å². The first kappa shape index (κ1) is 11.8. The molecule has 6 heteroatoms. The van der Waals surface area contributed by atoms with Crippen LogP contribution in [0.4, 0.5) is 0 Å². The third kappa shape index (κ3) is 2.30. The second-order valence-corrected chi connectivity index (χ2v) is 5.93. The maximum atomic E-state index is 5.33. The van der Waals surface area contributed by atoms with Crippen LogP contribution in [-0.2, 0) is 11.2 Å². The van der Waals surface area contributed by atoms with E-state index in [-0.39, 0.29) is 0 Å². The zero-order valence-corrected chi connectivity index (χ0v) is 11.3. The molecule has 0 N–H and O–H groups in total. The first-order valence-electron chi connectivity index (χ1n) is 6.05. The van der Waals surface area contributed by atoms with Gasteiger partial charge in [-0.25, -0.2) is 4.98 Å². The Bertz CT molecular complexity index is 543. The second kappa shape index (κ2) is 4.78. The van der Waals surface area contributed by atoms with Gasteiger partial charge in [-0.15, -0.1) is 11.3 Å². The van der Waals surface area contributed by atoms with Crippen molar-refractivity contribution in [3.63, 3.8) is 0 Å². The highest BCUT2D eigenvalue weighted by atomic mass is 32.1. The molecular formula is C12H15N3O2S. The number of ether oxygens (including phenoxy) is 1. The van der Waals surface area contributed by atoms with Crippen LogP contribution in [0.3, 0.4) is 0 Å². The molecule has 0 aromatic carbocycles. The third-order valence-electron chi connectivity index (χ3n) is 3.10. The summed E-state index contributed by atoms with van der Waals surface area (Å²) < 4.78 is 10.6. The van der Waals surface area contributed by atoms with Crippen LogP contribution in [-0.4, -0.2) is 28.3 Å². The summed E-state index contributed by atoms with van der Waals surface area (Å²) in [6, 6.07) is 0. The molecule has 3 heterocycles. The largest absolute Gasteiger partial charge is 0.381 e. The van der Waals surface area contributed by atoms with Crippen LogP contribution in [0.2, 0.25) is 0 Å². The smallest absolute Gasteiger partial charge is 0.232 e. The van der Waals surface area contributed by atoms with Gasteiger partial charge in [-0.05, 0) is 20.3 Å². The van der Waals surface area contributed by atoms with E-state index in [1.807, 2.05) is 6.92 Å². The van der Waals surface area contributed by atoms with Crippen molar-refractivity contribution >= 4 is 11.3 Å². The van der Waals surface area contributed by atoms with Crippen LogP contribution >= 0.6 is 11.3 Å². The van der Waals surface area contributed by atoms with Gasteiger partial charge in [-0.3, -0.25) is 0 Å². The van der Waals surface area contributed by atoms with Gasteiger partial charge in [-0.2, -0.15) is 4.98 Å². The van der Waals surface area contributed by atoms with Crippen LogP contribution in [0.15, 0.2) is 4.52 Å². The molecule has 5 nitrogen and oxygen atoms in total. The minimum absolute atomic E-state index is 0.292. The average Bonchev–Trinajstić information content (AvgIpc) is 3.02. The van der Waals surface area contributed by atoms with Gasteiger partial charge in [0.25, 0.3) is 0 Å². The van der Waals surface area contributed by atoms with Gasteiger partial charge in [0.1, 0.15) is 0 Å². The highest BCUT2D eigenvalue weighted by Gasteiger charge is 2.23. The number of hydrogen-bond acceptors (Lipinski definition) is 6. The molecule has 1 saturated heterocycles. The summed E-state index contributed by atoms with van der Waals surface area (Å²) >= 11 is 1.70. The molecule has 0 bridgehead atoms. The van der Waals surface area contributed by atoms with Gasteiger partial charge in [0.15, 0.2) is 5.82 Å². The molecule has 0 spiro atoms. The van der Waals surface area contributed by atoms with E-state index < -0.39 is 0 Å². The molecule has 1 fully saturated rings. The Hall–Kier alpha value is -1.27. The first-order chi connectivity index (χ1) is 8.72. The molecule has 1 aliphatic heterocycles. The van der Waals surface area contributed by atoms with Crippen LogP contribution in [0, 0.1) is 13.8 Å². The van der Waals surface area contributed by atoms with Crippen molar-refractivity contribution in [1.29, 1.82) is 0 Å². The zero-order chi connectivity index (χ0) is 12.5. The van der Waals surface area contributed by atoms with Gasteiger partial charge in [0.2, 0.25) is 5.89 Å². The predicted octanol–water partition coefficient (Wildman–Crippen LogP) is 2.24. The number of aromatic nitrogens is 3. The lowest BCUT2D eigenvalue weighted by molar-refractivity contribution is 0.192. The molecule has 1 unspecified atom stereocenters. The Morgan fingerprint density at radius 1 is 1.33 bits per heavy atom. The van der Waals surface area contributed by atoms with E-state index >= 15 is 0 Å². The van der Waals surface area contributed by atoms with Crippen molar-refractivity contribution in [2.24, 2.45) is 0 Å². The van der Waals surface area contributed by atoms with E-state index in [1.54, 1.807) is 11.3 Å². The molecule has 0 radical (unpaired) electrons. The molecule has 1 aliphatic rings. The summed E-state index contributed by atoms with van der Waals surface area (Å²) in [6.45, 7) is 5.57. The predicted molar refractivity (Wildman–Crippen MR) is 66.9 cm³/mol. The van der Waals surface area contributed by atoms with Crippen LogP contribution in [0.1, 0.15) is 39.6 Å². The molecule has 1 atom stereocenters. The van der Waals surface area contributed by atoms with Gasteiger partial charge in [0.05, 0.1) is 23.7 Å². The summed E-state index contributed by atoms with van der Waals surface area (Å²) in [7, 11) is 0. The highest BCUT2D eigenvalue weighted by molar-refractivity contribution is 7.11. The molecule has 18 heavy (non-hydrogen) atoms. The molecule has 3 rings (SSSR count). The van der Waals surface area contributed by atoms with Crippen LogP contribution in [0.5, 0.6) is 0 Å². The number of nitrogens with zero attached hydrogens (tertiary/aromatic N) is 3. The monoisotopic (exact) mass is 265 g/mol. The fraction of sp³-hybridized carbons (Fsp3) is 0.583. The van der Waals surface area contributed by atoms with Crippen molar-refractivity contribution in [3.8, 4) is 0 Å². The van der Waals surface area contributed by atoms with E-state index in [2.05, 4.69) is 22.0 Å². The van der Waals surface area contributed by atoms with Crippen molar-refractivity contribution in [2.75, 3.05) is 13.2 Å². The molecule has 2 aromatic rings. The van der Waals surface area contributed by atoms with Gasteiger partial charge in [-0.1, -0.05) is 5.16 Å². The third-order valence-corrected chi connectivity index (χ3v) is 4.03. The summed E-state index contributed by atoms with van der Waals surface area (Å²) in [6.07, 6.45) is 1.60. The van der Waals surface area contributed by atoms with Crippen molar-refractivity contribution in [2.45, 2.75) is 32.6 Å². The lowest BCUT2D eigenvalue weighted by atomic mass is 10.1. The van der Waals surface area contributed by atoms with Crippen molar-refractivity contribution in [3.05, 3.63) is 27.3 Å². The minimum atomic E-state index is 0.292. The lowest BCUT2D eigenvalue weighted by Gasteiger charge is -1.97. The number of aryl methyl sites for hydroxylation is 2. The Kier molecular flexibility index (Phi) is 3.13. The van der Waals surface area contributed by atoms with Gasteiger partial charge in [0, 0.05) is 17.4 Å². The Morgan fingerprint density at radius 2 is 2.22 bits per heavy atom. The fourth-order valence-electron chi connectivity index (χ4n) is 2.12. The average molecular weight is 265 g/mol. The lowest BCUT2D eigenvalue weighted by Crippen LogP contribution is -2.00. The molecule has 96 valence electrons. The van der Waals surface area contributed by atoms with E-state index in [4.69, 9.17) is 9.26 Å². The Labute approximate surface area is 109 Å². The van der Waals surface area contributed by atoms with Gasteiger partial charge < -0.3 is 9.26 Å². The fourth-order valence-corrected chi connectivity index (χ4v) is 2.96. The van der Waals surface area contributed by atoms with Crippen LogP contribution < -0.4 is 0 Å². The first-order valence-corrected chi connectivity index (χ1v) is 6.87. The standard InChI is InChI=1S/C12H15N3O2S/c1-7-10(13-8(2)18-7)5-11-14-12(15-17-11)9-3-4-16-6-9/h9H,3-6H2,1-2H3. The second-order valence-electron chi connectivity index (χ2n) is 4.52. The normalized spacial score (nSPS) is 19.6. The number of thiazole rings is 1. The number of hydrogen-bond donors (Lipinski definition) is 0. The molecule has 0 aliphatic carbocycles. The van der Waals surface area contributed by atoms with Gasteiger partial charge >= 0.3 is 0 Å². The summed E-state index contributed by atoms with van der Waals surface area (Å²) in [5.41, 5.74) is 1.04. The highest BCUT2D eigenvalue weighted by Crippen LogP contribution is 2.24. The summed E-state index contributed by atoms with van der Waals surface area (Å²) in [5.74, 6) is 1.71. The van der Waals surface area contributed by atoms with E-state index in [0.29, 0.717) is 24.8 Å². The summed E-state index contributed by atoms with van der Waals surface area (Å²) in [5, 5.41) is 5.12. The maximum absolute atomic E-state index is 5.33. The minimum Gasteiger partial charge on any atom is -0.381 e. The maximum Gasteiger partial charge on any atom is 0.232 e. The SMILES string of the molecule is Cc1nc(Cc2nc(C3CCOC3)no2)c(C)s1. The molecule has 2 aromatic heterocycles. The molecule has 0 saturated carbocycles. The Morgan fingerprint density at radius 3 is 2.89 bits per heavy atom. The molecule has 0 amide bonds. The van der Waals surface area contributed by atoms with E-state index in [9.17, 15) is 0 Å². The van der Waals surface area contributed by atoms with Crippen molar-refractivity contribution in [1.82, 2.24) is 15.1 Å². The Balaban J connectivity index is 1.75. The van der Waals surface area contributed by atoms with E-state index in [1.165, 1.54) is 4.88 Å². The summed E-state index contributed by atoms with van der Waals surface area (Å²) in [4.78, 5) is 10.1. The number of rotatable bonds is 3. The quantitative estimate of drug-likeness (QED) is 0.851.